The van der Waals surface area contributed by atoms with E-state index < -0.39 is 12.0 Å². The second-order valence-corrected chi connectivity index (χ2v) is 4.05. The highest BCUT2D eigenvalue weighted by atomic mass is 19.4. The van der Waals surface area contributed by atoms with Crippen LogP contribution in [0, 0.1) is 11.3 Å². The van der Waals surface area contributed by atoms with Crippen molar-refractivity contribution in [3.8, 4) is 6.07 Å². The molecule has 0 aliphatic carbocycles. The summed E-state index contributed by atoms with van der Waals surface area (Å²) in [4.78, 5) is 0. The summed E-state index contributed by atoms with van der Waals surface area (Å²) in [7, 11) is 0. The average Bonchev–Trinajstić information content (AvgIpc) is 2.81. The Hall–Kier alpha value is -2.37. The van der Waals surface area contributed by atoms with Gasteiger partial charge in [0.1, 0.15) is 5.82 Å². The fourth-order valence-electron chi connectivity index (χ4n) is 1.61. The van der Waals surface area contributed by atoms with Crippen LogP contribution >= 0.6 is 0 Å². The van der Waals surface area contributed by atoms with Crippen LogP contribution in [-0.4, -0.2) is 26.4 Å². The molecule has 2 heterocycles. The van der Waals surface area contributed by atoms with Gasteiger partial charge in [-0.1, -0.05) is 0 Å². The first-order valence-corrected chi connectivity index (χ1v) is 5.93. The summed E-state index contributed by atoms with van der Waals surface area (Å²) in [5.74, 6) is -0.847. The van der Waals surface area contributed by atoms with E-state index >= 15 is 0 Å². The van der Waals surface area contributed by atoms with E-state index in [1.54, 1.807) is 0 Å². The predicted molar refractivity (Wildman–Crippen MR) is 63.7 cm³/mol. The van der Waals surface area contributed by atoms with Crippen molar-refractivity contribution in [2.45, 2.75) is 25.4 Å². The third-order valence-corrected chi connectivity index (χ3v) is 2.54. The fourth-order valence-corrected chi connectivity index (χ4v) is 1.61. The molecule has 0 aliphatic heterocycles. The standard InChI is InChI=1S/C11H11F3N6/c12-11(13,14)10-18-17-9-5-4-8(19-20(9)10)16-7-3-1-2-6-15/h4-5H,1-3,7H2,(H,16,19). The normalized spacial score (nSPS) is 11.5. The summed E-state index contributed by atoms with van der Waals surface area (Å²) in [5, 5.41) is 21.6. The van der Waals surface area contributed by atoms with Crippen molar-refractivity contribution < 1.29 is 13.2 Å². The number of nitrogens with one attached hydrogen (secondary N) is 1. The van der Waals surface area contributed by atoms with Crippen molar-refractivity contribution in [2.75, 3.05) is 11.9 Å². The number of anilines is 1. The number of alkyl halides is 3. The molecular formula is C11H11F3N6. The molecule has 0 unspecified atom stereocenters. The maximum Gasteiger partial charge on any atom is 0.453 e. The van der Waals surface area contributed by atoms with E-state index in [1.165, 1.54) is 12.1 Å². The van der Waals surface area contributed by atoms with Crippen LogP contribution in [0.5, 0.6) is 0 Å². The van der Waals surface area contributed by atoms with Gasteiger partial charge in [-0.05, 0) is 25.0 Å². The molecule has 0 amide bonds. The first-order chi connectivity index (χ1) is 9.52. The van der Waals surface area contributed by atoms with Crippen LogP contribution in [0.1, 0.15) is 25.1 Å². The first-order valence-electron chi connectivity index (χ1n) is 5.93. The lowest BCUT2D eigenvalue weighted by Gasteiger charge is -2.06. The third-order valence-electron chi connectivity index (χ3n) is 2.54. The van der Waals surface area contributed by atoms with E-state index in [0.717, 1.165) is 12.8 Å². The van der Waals surface area contributed by atoms with Crippen molar-refractivity contribution in [2.24, 2.45) is 0 Å². The Bertz CT molecular complexity index is 627. The minimum absolute atomic E-state index is 0.0346. The van der Waals surface area contributed by atoms with Crippen molar-refractivity contribution in [3.63, 3.8) is 0 Å². The van der Waals surface area contributed by atoms with Crippen LogP contribution in [0.25, 0.3) is 5.65 Å². The van der Waals surface area contributed by atoms with Crippen LogP contribution in [0.4, 0.5) is 19.0 Å². The molecule has 1 N–H and O–H groups in total. The number of fused-ring (bicyclic) bond motifs is 1. The minimum atomic E-state index is -4.60. The van der Waals surface area contributed by atoms with Crippen LogP contribution < -0.4 is 5.32 Å². The smallest absolute Gasteiger partial charge is 0.369 e. The van der Waals surface area contributed by atoms with Gasteiger partial charge in [-0.25, -0.2) is 0 Å². The zero-order valence-corrected chi connectivity index (χ0v) is 10.4. The molecule has 0 saturated carbocycles. The summed E-state index contributed by atoms with van der Waals surface area (Å²) in [5.41, 5.74) is 0.0346. The molecule has 0 fully saturated rings. The average molecular weight is 284 g/mol. The van der Waals surface area contributed by atoms with Crippen LogP contribution in [-0.2, 0) is 6.18 Å². The molecule has 2 aromatic heterocycles. The molecule has 2 rings (SSSR count). The monoisotopic (exact) mass is 284 g/mol. The molecule has 9 heteroatoms. The van der Waals surface area contributed by atoms with Gasteiger partial charge in [0, 0.05) is 13.0 Å². The topological polar surface area (TPSA) is 78.9 Å². The Kier molecular flexibility index (Phi) is 4.02. The van der Waals surface area contributed by atoms with Crippen molar-refractivity contribution >= 4 is 11.5 Å². The lowest BCUT2D eigenvalue weighted by atomic mass is 10.2. The predicted octanol–water partition coefficient (Wildman–Crippen LogP) is 2.25. The Morgan fingerprint density at radius 1 is 1.25 bits per heavy atom. The van der Waals surface area contributed by atoms with Crippen LogP contribution in [0.2, 0.25) is 0 Å². The van der Waals surface area contributed by atoms with Gasteiger partial charge < -0.3 is 5.32 Å². The SMILES string of the molecule is N#CCCCCNc1ccc2nnc(C(F)(F)F)n2n1. The summed E-state index contributed by atoms with van der Waals surface area (Å²) in [6, 6.07) is 4.97. The molecule has 0 spiro atoms. The summed E-state index contributed by atoms with van der Waals surface area (Å²) in [6.07, 6.45) is -2.68. The number of hydrogen-bond acceptors (Lipinski definition) is 5. The van der Waals surface area contributed by atoms with E-state index in [4.69, 9.17) is 5.26 Å². The molecule has 0 aliphatic rings. The van der Waals surface area contributed by atoms with Gasteiger partial charge in [-0.2, -0.15) is 22.9 Å². The summed E-state index contributed by atoms with van der Waals surface area (Å²) in [6.45, 7) is 0.531. The highest BCUT2D eigenvalue weighted by Crippen LogP contribution is 2.27. The Balaban J connectivity index is 2.10. The lowest BCUT2D eigenvalue weighted by molar-refractivity contribution is -0.146. The third kappa shape index (κ3) is 3.14. The summed E-state index contributed by atoms with van der Waals surface area (Å²) >= 11 is 0. The van der Waals surface area contributed by atoms with Gasteiger partial charge >= 0.3 is 6.18 Å². The van der Waals surface area contributed by atoms with Crippen molar-refractivity contribution in [1.29, 1.82) is 5.26 Å². The van der Waals surface area contributed by atoms with Crippen molar-refractivity contribution in [3.05, 3.63) is 18.0 Å². The number of rotatable bonds is 5. The van der Waals surface area contributed by atoms with E-state index in [9.17, 15) is 13.2 Å². The largest absolute Gasteiger partial charge is 0.453 e. The van der Waals surface area contributed by atoms with E-state index in [0.29, 0.717) is 23.3 Å². The number of nitrogens with zero attached hydrogens (tertiary/aromatic N) is 5. The quantitative estimate of drug-likeness (QED) is 0.852. The molecule has 0 bridgehead atoms. The second-order valence-electron chi connectivity index (χ2n) is 4.05. The molecule has 0 aromatic carbocycles. The van der Waals surface area contributed by atoms with Crippen molar-refractivity contribution in [1.82, 2.24) is 19.8 Å². The zero-order valence-electron chi connectivity index (χ0n) is 10.4. The molecule has 106 valence electrons. The van der Waals surface area contributed by atoms with Gasteiger partial charge in [-0.15, -0.1) is 15.3 Å². The number of aromatic nitrogens is 4. The maximum absolute atomic E-state index is 12.7. The molecule has 6 nitrogen and oxygen atoms in total. The molecule has 2 aromatic rings. The van der Waals surface area contributed by atoms with E-state index in [1.807, 2.05) is 6.07 Å². The minimum Gasteiger partial charge on any atom is -0.369 e. The molecular weight excluding hydrogens is 273 g/mol. The number of halogens is 3. The highest BCUT2D eigenvalue weighted by molar-refractivity contribution is 5.44. The Morgan fingerprint density at radius 3 is 2.75 bits per heavy atom. The second kappa shape index (κ2) is 5.73. The van der Waals surface area contributed by atoms with Gasteiger partial charge in [0.05, 0.1) is 6.07 Å². The number of unbranched alkanes of at least 4 members (excludes halogenated alkanes) is 2. The Labute approximate surface area is 112 Å². The molecule has 0 radical (unpaired) electrons. The summed E-state index contributed by atoms with van der Waals surface area (Å²) < 4.78 is 38.6. The fraction of sp³-hybridized carbons (Fsp3) is 0.455. The first kappa shape index (κ1) is 14.0. The number of hydrogen-bond donors (Lipinski definition) is 1. The molecule has 0 atom stereocenters. The van der Waals surface area contributed by atoms with Crippen LogP contribution in [0.3, 0.4) is 0 Å². The lowest BCUT2D eigenvalue weighted by Crippen LogP contribution is -2.13. The molecule has 20 heavy (non-hydrogen) atoms. The Morgan fingerprint density at radius 2 is 2.05 bits per heavy atom. The maximum atomic E-state index is 12.7. The van der Waals surface area contributed by atoms with Crippen LogP contribution in [0.15, 0.2) is 12.1 Å². The molecule has 0 saturated heterocycles. The van der Waals surface area contributed by atoms with Gasteiger partial charge in [0.25, 0.3) is 5.82 Å². The van der Waals surface area contributed by atoms with Gasteiger partial charge in [-0.3, -0.25) is 0 Å². The highest BCUT2D eigenvalue weighted by Gasteiger charge is 2.37. The number of nitriles is 1. The van der Waals surface area contributed by atoms with E-state index in [-0.39, 0.29) is 5.65 Å². The zero-order chi connectivity index (χ0) is 14.6. The van der Waals surface area contributed by atoms with E-state index in [2.05, 4.69) is 20.6 Å². The van der Waals surface area contributed by atoms with Gasteiger partial charge in [0.15, 0.2) is 5.65 Å². The van der Waals surface area contributed by atoms with Gasteiger partial charge in [0.2, 0.25) is 0 Å².